The molecule has 2 amide bonds. The summed E-state index contributed by atoms with van der Waals surface area (Å²) in [7, 11) is 0. The van der Waals surface area contributed by atoms with Crippen molar-refractivity contribution in [2.45, 2.75) is 50.4 Å². The Balaban J connectivity index is 2.88. The number of carbonyl (C=O) groups is 4. The van der Waals surface area contributed by atoms with E-state index in [4.69, 9.17) is 10.8 Å². The van der Waals surface area contributed by atoms with Crippen LogP contribution in [0.25, 0.3) is 0 Å². The number of carbonyl (C=O) groups excluding carboxylic acids is 2. The molecule has 0 aliphatic carbocycles. The Morgan fingerprint density at radius 1 is 1.00 bits per heavy atom. The standard InChI is InChI=1S/C18H25N3O7/c1-10(22)15(19)17(26)20-12(7-8-14(23)24)16(25)21-13(18(27)28)9-11-5-3-2-4-6-11/h2-6,10,12-13,15,22H,7-9,19H2,1H3,(H,20,26)(H,21,25)(H,23,24)(H,27,28)/t10-,12+,13+,15+/m1/s1. The van der Waals surface area contributed by atoms with E-state index in [9.17, 15) is 29.4 Å². The Kier molecular flexibility index (Phi) is 9.06. The second-order valence-corrected chi connectivity index (χ2v) is 6.35. The second-order valence-electron chi connectivity index (χ2n) is 6.35. The molecular weight excluding hydrogens is 370 g/mol. The van der Waals surface area contributed by atoms with Crippen LogP contribution in [0, 0.1) is 0 Å². The predicted octanol–water partition coefficient (Wildman–Crippen LogP) is -1.14. The maximum absolute atomic E-state index is 12.5. The van der Waals surface area contributed by atoms with E-state index in [1.54, 1.807) is 30.3 Å². The first-order chi connectivity index (χ1) is 13.1. The molecule has 0 saturated carbocycles. The number of benzene rings is 1. The minimum Gasteiger partial charge on any atom is -0.481 e. The summed E-state index contributed by atoms with van der Waals surface area (Å²) >= 11 is 0. The molecule has 0 radical (unpaired) electrons. The van der Waals surface area contributed by atoms with Crippen LogP contribution >= 0.6 is 0 Å². The number of rotatable bonds is 11. The molecule has 0 spiro atoms. The quantitative estimate of drug-likeness (QED) is 0.272. The van der Waals surface area contributed by atoms with Crippen LogP contribution in [0.1, 0.15) is 25.3 Å². The van der Waals surface area contributed by atoms with E-state index in [0.717, 1.165) is 0 Å². The molecule has 4 atom stereocenters. The normalized spacial score (nSPS) is 15.0. The van der Waals surface area contributed by atoms with Crippen molar-refractivity contribution in [1.29, 1.82) is 0 Å². The van der Waals surface area contributed by atoms with Crippen LogP contribution in [0.5, 0.6) is 0 Å². The van der Waals surface area contributed by atoms with Crippen molar-refractivity contribution in [1.82, 2.24) is 10.6 Å². The van der Waals surface area contributed by atoms with Gasteiger partial charge in [-0.15, -0.1) is 0 Å². The van der Waals surface area contributed by atoms with Crippen LogP contribution < -0.4 is 16.4 Å². The number of nitrogens with one attached hydrogen (secondary N) is 2. The lowest BCUT2D eigenvalue weighted by Gasteiger charge is -2.23. The predicted molar refractivity (Wildman–Crippen MR) is 98.2 cm³/mol. The number of aliphatic hydroxyl groups excluding tert-OH is 1. The second kappa shape index (κ2) is 11.0. The summed E-state index contributed by atoms with van der Waals surface area (Å²) in [6, 6.07) is 4.71. The van der Waals surface area contributed by atoms with E-state index in [1.807, 2.05) is 0 Å². The van der Waals surface area contributed by atoms with Crippen molar-refractivity contribution in [3.8, 4) is 0 Å². The van der Waals surface area contributed by atoms with Crippen molar-refractivity contribution in [2.75, 3.05) is 0 Å². The van der Waals surface area contributed by atoms with Crippen LogP contribution in [0.15, 0.2) is 30.3 Å². The Morgan fingerprint density at radius 2 is 1.57 bits per heavy atom. The van der Waals surface area contributed by atoms with E-state index >= 15 is 0 Å². The molecule has 0 aromatic heterocycles. The highest BCUT2D eigenvalue weighted by atomic mass is 16.4. The maximum Gasteiger partial charge on any atom is 0.326 e. The molecule has 154 valence electrons. The Bertz CT molecular complexity index is 694. The summed E-state index contributed by atoms with van der Waals surface area (Å²) < 4.78 is 0. The maximum atomic E-state index is 12.5. The first kappa shape index (κ1) is 23.1. The van der Waals surface area contributed by atoms with Crippen molar-refractivity contribution < 1.29 is 34.5 Å². The van der Waals surface area contributed by atoms with E-state index in [2.05, 4.69) is 10.6 Å². The molecule has 0 unspecified atom stereocenters. The van der Waals surface area contributed by atoms with Gasteiger partial charge in [-0.2, -0.15) is 0 Å². The molecular formula is C18H25N3O7. The Morgan fingerprint density at radius 3 is 2.07 bits per heavy atom. The van der Waals surface area contributed by atoms with E-state index < -0.39 is 54.4 Å². The smallest absolute Gasteiger partial charge is 0.326 e. The topological polar surface area (TPSA) is 179 Å². The van der Waals surface area contributed by atoms with Crippen LogP contribution in [0.2, 0.25) is 0 Å². The summed E-state index contributed by atoms with van der Waals surface area (Å²) in [5, 5.41) is 32.2. The van der Waals surface area contributed by atoms with Gasteiger partial charge in [-0.1, -0.05) is 30.3 Å². The third-order valence-electron chi connectivity index (χ3n) is 4.00. The number of carboxylic acid groups (broad SMARTS) is 2. The molecule has 28 heavy (non-hydrogen) atoms. The van der Waals surface area contributed by atoms with E-state index in [0.29, 0.717) is 5.56 Å². The lowest BCUT2D eigenvalue weighted by molar-refractivity contribution is -0.143. The van der Waals surface area contributed by atoms with Crippen LogP contribution in [0.3, 0.4) is 0 Å². The zero-order valence-electron chi connectivity index (χ0n) is 15.4. The third-order valence-corrected chi connectivity index (χ3v) is 4.00. The minimum absolute atomic E-state index is 0.00863. The molecule has 10 nitrogen and oxygen atoms in total. The lowest BCUT2D eigenvalue weighted by Crippen LogP contribution is -2.56. The Hall–Kier alpha value is -2.98. The molecule has 1 aromatic rings. The van der Waals surface area contributed by atoms with Gasteiger partial charge in [-0.3, -0.25) is 14.4 Å². The van der Waals surface area contributed by atoms with Gasteiger partial charge in [-0.25, -0.2) is 4.79 Å². The number of aliphatic hydroxyl groups is 1. The first-order valence-corrected chi connectivity index (χ1v) is 8.64. The largest absolute Gasteiger partial charge is 0.481 e. The van der Waals surface area contributed by atoms with Crippen LogP contribution in [-0.4, -0.2) is 63.3 Å². The summed E-state index contributed by atoms with van der Waals surface area (Å²) in [5.41, 5.74) is 6.19. The minimum atomic E-state index is -1.32. The van der Waals surface area contributed by atoms with E-state index in [-0.39, 0.29) is 12.8 Å². The van der Waals surface area contributed by atoms with Gasteiger partial charge in [0, 0.05) is 12.8 Å². The molecule has 0 aliphatic heterocycles. The SMILES string of the molecule is C[C@@H](O)[C@H](N)C(=O)N[C@@H](CCC(=O)O)C(=O)N[C@@H](Cc1ccccc1)C(=O)O. The highest BCUT2D eigenvalue weighted by Crippen LogP contribution is 2.06. The summed E-state index contributed by atoms with van der Waals surface area (Å²) in [6.45, 7) is 1.29. The zero-order valence-corrected chi connectivity index (χ0v) is 15.4. The van der Waals surface area contributed by atoms with Crippen LogP contribution in [-0.2, 0) is 25.6 Å². The highest BCUT2D eigenvalue weighted by Gasteiger charge is 2.29. The molecule has 0 saturated heterocycles. The van der Waals surface area contributed by atoms with Gasteiger partial charge in [0.05, 0.1) is 6.10 Å². The van der Waals surface area contributed by atoms with Gasteiger partial charge in [0.25, 0.3) is 0 Å². The lowest BCUT2D eigenvalue weighted by atomic mass is 10.0. The molecule has 0 fully saturated rings. The fourth-order valence-electron chi connectivity index (χ4n) is 2.35. The summed E-state index contributed by atoms with van der Waals surface area (Å²) in [5.74, 6) is -4.17. The fourth-order valence-corrected chi connectivity index (χ4v) is 2.35. The number of hydrogen-bond donors (Lipinski definition) is 6. The number of hydrogen-bond acceptors (Lipinski definition) is 6. The van der Waals surface area contributed by atoms with Gasteiger partial charge < -0.3 is 31.7 Å². The molecule has 0 heterocycles. The monoisotopic (exact) mass is 395 g/mol. The van der Waals surface area contributed by atoms with Gasteiger partial charge >= 0.3 is 11.9 Å². The molecule has 1 rings (SSSR count). The highest BCUT2D eigenvalue weighted by molar-refractivity contribution is 5.92. The average Bonchev–Trinajstić information content (AvgIpc) is 2.63. The summed E-state index contributed by atoms with van der Waals surface area (Å²) in [6.07, 6.45) is -1.88. The number of aliphatic carboxylic acids is 2. The van der Waals surface area contributed by atoms with Crippen molar-refractivity contribution in [3.05, 3.63) is 35.9 Å². The van der Waals surface area contributed by atoms with Crippen molar-refractivity contribution in [2.24, 2.45) is 5.73 Å². The van der Waals surface area contributed by atoms with Crippen molar-refractivity contribution >= 4 is 23.8 Å². The summed E-state index contributed by atoms with van der Waals surface area (Å²) in [4.78, 5) is 46.8. The molecule has 1 aromatic carbocycles. The fraction of sp³-hybridized carbons (Fsp3) is 0.444. The molecule has 10 heteroatoms. The molecule has 0 bridgehead atoms. The average molecular weight is 395 g/mol. The number of amides is 2. The molecule has 0 aliphatic rings. The van der Waals surface area contributed by atoms with Gasteiger partial charge in [-0.05, 0) is 18.9 Å². The van der Waals surface area contributed by atoms with Gasteiger partial charge in [0.15, 0.2) is 0 Å². The zero-order chi connectivity index (χ0) is 21.3. The van der Waals surface area contributed by atoms with E-state index in [1.165, 1.54) is 6.92 Å². The molecule has 7 N–H and O–H groups in total. The van der Waals surface area contributed by atoms with Gasteiger partial charge in [0.2, 0.25) is 11.8 Å². The van der Waals surface area contributed by atoms with Gasteiger partial charge in [0.1, 0.15) is 18.1 Å². The number of carboxylic acids is 2. The number of nitrogens with two attached hydrogens (primary N) is 1. The Labute approximate surface area is 161 Å². The first-order valence-electron chi connectivity index (χ1n) is 8.64. The third kappa shape index (κ3) is 7.72. The van der Waals surface area contributed by atoms with Crippen molar-refractivity contribution in [3.63, 3.8) is 0 Å². The van der Waals surface area contributed by atoms with Crippen LogP contribution in [0.4, 0.5) is 0 Å².